The van der Waals surface area contributed by atoms with E-state index in [0.717, 1.165) is 12.0 Å². The maximum absolute atomic E-state index is 13.2. The molecule has 1 aromatic carbocycles. The van der Waals surface area contributed by atoms with E-state index in [1.807, 2.05) is 0 Å². The molecule has 21 heavy (non-hydrogen) atoms. The molecule has 0 N–H and O–H groups in total. The molecule has 1 saturated carbocycles. The summed E-state index contributed by atoms with van der Waals surface area (Å²) in [5, 5.41) is 0. The van der Waals surface area contributed by atoms with Crippen molar-refractivity contribution in [1.82, 2.24) is 0 Å². The fourth-order valence-corrected chi connectivity index (χ4v) is 3.45. The normalized spacial score (nSPS) is 33.9. The van der Waals surface area contributed by atoms with E-state index in [1.54, 1.807) is 0 Å². The summed E-state index contributed by atoms with van der Waals surface area (Å²) in [6.45, 7) is 3.53. The Morgan fingerprint density at radius 2 is 1.43 bits per heavy atom. The molecule has 1 heterocycles. The van der Waals surface area contributed by atoms with Gasteiger partial charge in [0, 0.05) is 17.5 Å². The third-order valence-corrected chi connectivity index (χ3v) is 4.81. The van der Waals surface area contributed by atoms with Crippen molar-refractivity contribution in [3.63, 3.8) is 0 Å². The topological polar surface area (TPSA) is 18.5 Å². The zero-order valence-electron chi connectivity index (χ0n) is 12.4. The predicted molar refractivity (Wildman–Crippen MR) is 75.6 cm³/mol. The lowest BCUT2D eigenvalue weighted by molar-refractivity contribution is -0.214. The smallest absolute Gasteiger partial charge is 0.184 e. The lowest BCUT2D eigenvalue weighted by Crippen LogP contribution is -2.34. The van der Waals surface area contributed by atoms with Crippen LogP contribution in [0.15, 0.2) is 18.2 Å². The van der Waals surface area contributed by atoms with Crippen molar-refractivity contribution in [1.29, 1.82) is 0 Å². The van der Waals surface area contributed by atoms with E-state index in [9.17, 15) is 8.78 Å². The molecule has 1 aliphatic carbocycles. The van der Waals surface area contributed by atoms with Gasteiger partial charge in [0.2, 0.25) is 0 Å². The molecule has 1 aliphatic heterocycles. The summed E-state index contributed by atoms with van der Waals surface area (Å²) in [6.07, 6.45) is 4.38. The highest BCUT2D eigenvalue weighted by atomic mass is 19.1. The molecule has 0 radical (unpaired) electrons. The molecule has 0 atom stereocenters. The molecule has 0 unspecified atom stereocenters. The molecule has 3 rings (SSSR count). The highest BCUT2D eigenvalue weighted by molar-refractivity contribution is 5.19. The van der Waals surface area contributed by atoms with Gasteiger partial charge in [0.15, 0.2) is 6.29 Å². The summed E-state index contributed by atoms with van der Waals surface area (Å²) in [5.74, 6) is 0.703. The van der Waals surface area contributed by atoms with Crippen LogP contribution in [0, 0.1) is 29.4 Å². The van der Waals surface area contributed by atoms with Gasteiger partial charge in [0.25, 0.3) is 0 Å². The van der Waals surface area contributed by atoms with Crippen LogP contribution in [0.4, 0.5) is 8.78 Å². The number of hydrogen-bond donors (Lipinski definition) is 0. The fourth-order valence-electron chi connectivity index (χ4n) is 3.45. The van der Waals surface area contributed by atoms with Crippen molar-refractivity contribution in [3.8, 4) is 0 Å². The molecule has 1 saturated heterocycles. The second-order valence-corrected chi connectivity index (χ2v) is 6.48. The Balaban J connectivity index is 1.57. The maximum atomic E-state index is 13.2. The van der Waals surface area contributed by atoms with Crippen LogP contribution in [0.25, 0.3) is 0 Å². The van der Waals surface area contributed by atoms with Gasteiger partial charge < -0.3 is 9.47 Å². The summed E-state index contributed by atoms with van der Waals surface area (Å²) in [6, 6.07) is 3.41. The van der Waals surface area contributed by atoms with Crippen LogP contribution >= 0.6 is 0 Å². The second kappa shape index (κ2) is 6.41. The fraction of sp³-hybridized carbons (Fsp3) is 0.647. The van der Waals surface area contributed by atoms with Crippen molar-refractivity contribution >= 4 is 0 Å². The second-order valence-electron chi connectivity index (χ2n) is 6.48. The number of benzene rings is 1. The van der Waals surface area contributed by atoms with E-state index in [4.69, 9.17) is 9.47 Å². The van der Waals surface area contributed by atoms with Crippen molar-refractivity contribution in [2.75, 3.05) is 13.2 Å². The molecular weight excluding hydrogens is 274 g/mol. The van der Waals surface area contributed by atoms with E-state index in [2.05, 4.69) is 6.92 Å². The molecule has 116 valence electrons. The van der Waals surface area contributed by atoms with E-state index in [-0.39, 0.29) is 0 Å². The monoisotopic (exact) mass is 296 g/mol. The lowest BCUT2D eigenvalue weighted by Gasteiger charge is -2.37. The highest BCUT2D eigenvalue weighted by Gasteiger charge is 2.31. The maximum Gasteiger partial charge on any atom is 0.184 e. The summed E-state index contributed by atoms with van der Waals surface area (Å²) in [5.41, 5.74) is 0.420. The third-order valence-electron chi connectivity index (χ3n) is 4.81. The molecule has 0 spiro atoms. The van der Waals surface area contributed by atoms with Gasteiger partial charge in [-0.3, -0.25) is 0 Å². The molecule has 0 aromatic heterocycles. The first kappa shape index (κ1) is 14.9. The minimum absolute atomic E-state index is 0.409. The van der Waals surface area contributed by atoms with Crippen molar-refractivity contribution in [2.45, 2.75) is 38.9 Å². The van der Waals surface area contributed by atoms with Gasteiger partial charge in [-0.25, -0.2) is 8.78 Å². The van der Waals surface area contributed by atoms with Gasteiger partial charge >= 0.3 is 0 Å². The zero-order chi connectivity index (χ0) is 14.8. The van der Waals surface area contributed by atoms with Crippen molar-refractivity contribution < 1.29 is 18.3 Å². The summed E-state index contributed by atoms with van der Waals surface area (Å²) in [7, 11) is 0. The van der Waals surface area contributed by atoms with Crippen molar-refractivity contribution in [2.24, 2.45) is 17.8 Å². The van der Waals surface area contributed by atoms with Crippen LogP contribution in [-0.4, -0.2) is 13.2 Å². The van der Waals surface area contributed by atoms with Gasteiger partial charge in [0.1, 0.15) is 11.6 Å². The quantitative estimate of drug-likeness (QED) is 0.802. The van der Waals surface area contributed by atoms with Gasteiger partial charge in [0.05, 0.1) is 13.2 Å². The first-order chi connectivity index (χ1) is 10.1. The molecule has 4 heteroatoms. The van der Waals surface area contributed by atoms with Gasteiger partial charge in [-0.05, 0) is 36.8 Å². The van der Waals surface area contributed by atoms with Crippen LogP contribution in [0.5, 0.6) is 0 Å². The van der Waals surface area contributed by atoms with Crippen LogP contribution in [0.1, 0.15) is 44.5 Å². The van der Waals surface area contributed by atoms with Crippen LogP contribution in [0.2, 0.25) is 0 Å². The Morgan fingerprint density at radius 1 is 0.857 bits per heavy atom. The van der Waals surface area contributed by atoms with Crippen molar-refractivity contribution in [3.05, 3.63) is 35.4 Å². The van der Waals surface area contributed by atoms with E-state index >= 15 is 0 Å². The molecule has 2 fully saturated rings. The Kier molecular flexibility index (Phi) is 4.55. The standard InChI is InChI=1S/C17H22F2O2/c1-11-2-4-12(5-3-11)14-9-20-17(21-10-14)13-6-15(18)8-16(19)7-13/h6-8,11-12,14,17H,2-5,9-10H2,1H3. The van der Waals surface area contributed by atoms with Crippen LogP contribution < -0.4 is 0 Å². The average Bonchev–Trinajstić information content (AvgIpc) is 2.47. The lowest BCUT2D eigenvalue weighted by atomic mass is 9.76. The molecule has 1 aromatic rings. The van der Waals surface area contributed by atoms with Gasteiger partial charge in [-0.1, -0.05) is 19.8 Å². The first-order valence-electron chi connectivity index (χ1n) is 7.81. The zero-order valence-corrected chi connectivity index (χ0v) is 12.4. The number of halogens is 2. The Morgan fingerprint density at radius 3 is 2.00 bits per heavy atom. The van der Waals surface area contributed by atoms with E-state index in [0.29, 0.717) is 30.6 Å². The minimum atomic E-state index is -0.644. The third kappa shape index (κ3) is 3.61. The molecule has 2 aliphatic rings. The Hall–Kier alpha value is -1.00. The molecule has 2 nitrogen and oxygen atoms in total. The largest absolute Gasteiger partial charge is 0.348 e. The number of hydrogen-bond acceptors (Lipinski definition) is 2. The highest BCUT2D eigenvalue weighted by Crippen LogP contribution is 2.37. The van der Waals surface area contributed by atoms with Crippen LogP contribution in [0.3, 0.4) is 0 Å². The Bertz CT molecular complexity index is 455. The first-order valence-corrected chi connectivity index (χ1v) is 7.81. The number of rotatable bonds is 2. The predicted octanol–water partition coefficient (Wildman–Crippen LogP) is 4.45. The summed E-state index contributed by atoms with van der Waals surface area (Å²) in [4.78, 5) is 0. The average molecular weight is 296 g/mol. The van der Waals surface area contributed by atoms with E-state index < -0.39 is 17.9 Å². The Labute approximate surface area is 124 Å². The molecular formula is C17H22F2O2. The molecule has 0 bridgehead atoms. The van der Waals surface area contributed by atoms with E-state index in [1.165, 1.54) is 37.8 Å². The SMILES string of the molecule is CC1CCC(C2COC(c3cc(F)cc(F)c3)OC2)CC1. The van der Waals surface area contributed by atoms with Crippen LogP contribution in [-0.2, 0) is 9.47 Å². The summed E-state index contributed by atoms with van der Waals surface area (Å²) < 4.78 is 37.9. The minimum Gasteiger partial charge on any atom is -0.348 e. The number of ether oxygens (including phenoxy) is 2. The van der Waals surface area contributed by atoms with Gasteiger partial charge in [-0.15, -0.1) is 0 Å². The summed E-state index contributed by atoms with van der Waals surface area (Å²) >= 11 is 0. The molecule has 0 amide bonds. The van der Waals surface area contributed by atoms with Gasteiger partial charge in [-0.2, -0.15) is 0 Å².